The van der Waals surface area contributed by atoms with Crippen LogP contribution in [0.1, 0.15) is 45.4 Å². The minimum Gasteiger partial charge on any atom is -0.376 e. The number of rotatable bonds is 8. The second kappa shape index (κ2) is 9.51. The summed E-state index contributed by atoms with van der Waals surface area (Å²) in [5, 5.41) is 12.7. The molecule has 1 N–H and O–H groups in total. The van der Waals surface area contributed by atoms with Gasteiger partial charge in [-0.25, -0.2) is 4.39 Å². The number of hydrogen-bond donors (Lipinski definition) is 1. The molecule has 3 fully saturated rings. The van der Waals surface area contributed by atoms with Crippen LogP contribution in [0.25, 0.3) is 11.4 Å². The van der Waals surface area contributed by atoms with E-state index in [0.717, 1.165) is 36.8 Å². The van der Waals surface area contributed by atoms with Crippen LogP contribution in [0.3, 0.4) is 0 Å². The second-order valence-corrected chi connectivity index (χ2v) is 10.5. The minimum absolute atomic E-state index is 0.0419. The number of benzene rings is 1. The molecule has 8 heteroatoms. The van der Waals surface area contributed by atoms with Gasteiger partial charge in [-0.1, -0.05) is 18.2 Å². The molecule has 2 aliphatic carbocycles. The van der Waals surface area contributed by atoms with E-state index in [1.54, 1.807) is 12.1 Å². The number of hydrogen-bond acceptors (Lipinski definition) is 5. The molecule has 0 radical (unpaired) electrons. The van der Waals surface area contributed by atoms with Gasteiger partial charge in [0.25, 0.3) is 0 Å². The van der Waals surface area contributed by atoms with E-state index in [-0.39, 0.29) is 23.9 Å². The van der Waals surface area contributed by atoms with Crippen LogP contribution in [0.5, 0.6) is 0 Å². The van der Waals surface area contributed by atoms with Crippen LogP contribution in [0.15, 0.2) is 29.4 Å². The van der Waals surface area contributed by atoms with Crippen molar-refractivity contribution in [2.45, 2.75) is 69.3 Å². The fraction of sp³-hybridized carbons (Fsp3) is 0.625. The molecule has 2 bridgehead atoms. The summed E-state index contributed by atoms with van der Waals surface area (Å²) in [6.07, 6.45) is 7.44. The second-order valence-electron chi connectivity index (χ2n) is 9.54. The van der Waals surface area contributed by atoms with Crippen molar-refractivity contribution in [2.75, 3.05) is 12.4 Å². The Morgan fingerprint density at radius 1 is 1.25 bits per heavy atom. The Hall–Kier alpha value is -1.93. The maximum atomic E-state index is 13.4. The first-order chi connectivity index (χ1) is 15.6. The maximum absolute atomic E-state index is 13.4. The van der Waals surface area contributed by atoms with Crippen LogP contribution in [0.2, 0.25) is 0 Å². The fourth-order valence-electron chi connectivity index (χ4n) is 5.80. The van der Waals surface area contributed by atoms with Gasteiger partial charge in [0, 0.05) is 18.2 Å². The molecule has 0 unspecified atom stereocenters. The molecule has 2 aromatic rings. The van der Waals surface area contributed by atoms with E-state index in [0.29, 0.717) is 29.2 Å². The van der Waals surface area contributed by atoms with Gasteiger partial charge in [-0.3, -0.25) is 9.36 Å². The highest BCUT2D eigenvalue weighted by atomic mass is 32.2. The first kappa shape index (κ1) is 21.9. The molecule has 1 aromatic carbocycles. The molecule has 1 saturated heterocycles. The zero-order chi connectivity index (χ0) is 22.1. The lowest BCUT2D eigenvalue weighted by Crippen LogP contribution is -2.41. The summed E-state index contributed by atoms with van der Waals surface area (Å²) >= 11 is 1.40. The van der Waals surface area contributed by atoms with Crippen molar-refractivity contribution < 1.29 is 13.9 Å². The molecule has 5 atom stereocenters. The highest BCUT2D eigenvalue weighted by Gasteiger charge is 2.42. The summed E-state index contributed by atoms with van der Waals surface area (Å²) in [4.78, 5) is 12.7. The van der Waals surface area contributed by atoms with Crippen molar-refractivity contribution in [3.05, 3.63) is 30.1 Å². The smallest absolute Gasteiger partial charge is 0.230 e. The number of nitrogens with zero attached hydrogens (tertiary/aromatic N) is 3. The first-order valence-electron chi connectivity index (χ1n) is 11.8. The molecule has 2 saturated carbocycles. The number of amides is 1. The van der Waals surface area contributed by atoms with E-state index in [1.807, 2.05) is 4.57 Å². The third-order valence-corrected chi connectivity index (χ3v) is 8.35. The van der Waals surface area contributed by atoms with Crippen molar-refractivity contribution in [2.24, 2.45) is 17.8 Å². The van der Waals surface area contributed by atoms with E-state index >= 15 is 0 Å². The average molecular weight is 459 g/mol. The number of nitrogens with one attached hydrogen (secondary N) is 1. The fourth-order valence-corrected chi connectivity index (χ4v) is 6.56. The van der Waals surface area contributed by atoms with Crippen molar-refractivity contribution in [3.63, 3.8) is 0 Å². The molecular formula is C24H31FN4O2S. The number of ether oxygens (including phenoxy) is 1. The lowest BCUT2D eigenvalue weighted by Gasteiger charge is -2.28. The molecule has 0 spiro atoms. The molecule has 1 amide bonds. The molecule has 32 heavy (non-hydrogen) atoms. The van der Waals surface area contributed by atoms with Crippen molar-refractivity contribution in [3.8, 4) is 11.4 Å². The van der Waals surface area contributed by atoms with Gasteiger partial charge in [0.15, 0.2) is 11.0 Å². The quantitative estimate of drug-likeness (QED) is 0.598. The van der Waals surface area contributed by atoms with Gasteiger partial charge in [0.2, 0.25) is 5.91 Å². The summed E-state index contributed by atoms with van der Waals surface area (Å²) in [6.45, 7) is 3.55. The predicted octanol–water partition coefficient (Wildman–Crippen LogP) is 4.30. The molecule has 1 aromatic heterocycles. The monoisotopic (exact) mass is 458 g/mol. The summed E-state index contributed by atoms with van der Waals surface area (Å²) in [5.41, 5.74) is 0.804. The van der Waals surface area contributed by atoms with Crippen LogP contribution < -0.4 is 5.32 Å². The van der Waals surface area contributed by atoms with Gasteiger partial charge in [-0.15, -0.1) is 10.2 Å². The third-order valence-electron chi connectivity index (χ3n) is 7.39. The lowest BCUT2D eigenvalue weighted by molar-refractivity contribution is -0.119. The summed E-state index contributed by atoms with van der Waals surface area (Å²) in [7, 11) is 0. The number of carbonyl (C=O) groups is 1. The van der Waals surface area contributed by atoms with E-state index in [1.165, 1.54) is 49.6 Å². The van der Waals surface area contributed by atoms with Crippen LogP contribution in [0, 0.1) is 23.6 Å². The molecule has 172 valence electrons. The number of thioether (sulfide) groups is 1. The van der Waals surface area contributed by atoms with E-state index in [4.69, 9.17) is 4.74 Å². The van der Waals surface area contributed by atoms with Crippen LogP contribution in [-0.4, -0.2) is 45.2 Å². The largest absolute Gasteiger partial charge is 0.376 e. The summed E-state index contributed by atoms with van der Waals surface area (Å²) in [6, 6.07) is 6.50. The Labute approximate surface area is 192 Å². The van der Waals surface area contributed by atoms with Gasteiger partial charge in [-0.2, -0.15) is 0 Å². The zero-order valence-electron chi connectivity index (χ0n) is 18.5. The molecule has 1 aliphatic heterocycles. The van der Waals surface area contributed by atoms with Crippen molar-refractivity contribution in [1.29, 1.82) is 0 Å². The maximum Gasteiger partial charge on any atom is 0.230 e. The molecule has 2 heterocycles. The number of aromatic nitrogens is 3. The number of carbonyl (C=O) groups excluding carboxylic acids is 1. The van der Waals surface area contributed by atoms with Gasteiger partial charge < -0.3 is 10.1 Å². The minimum atomic E-state index is -0.283. The van der Waals surface area contributed by atoms with E-state index in [2.05, 4.69) is 22.4 Å². The Morgan fingerprint density at radius 2 is 2.09 bits per heavy atom. The number of fused-ring (bicyclic) bond motifs is 2. The topological polar surface area (TPSA) is 69.0 Å². The van der Waals surface area contributed by atoms with E-state index in [9.17, 15) is 9.18 Å². The van der Waals surface area contributed by atoms with E-state index < -0.39 is 0 Å². The molecule has 6 nitrogen and oxygen atoms in total. The number of halogens is 1. The SMILES string of the molecule is C[C@H](NC(=O)CSc1nnc(-c2ccc(F)cc2)n1C[C@@H]1CCCO1)[C@H]1C[C@@H]2CC[C@@H]1C2. The first-order valence-corrected chi connectivity index (χ1v) is 12.8. The zero-order valence-corrected chi connectivity index (χ0v) is 19.3. The van der Waals surface area contributed by atoms with Crippen molar-refractivity contribution >= 4 is 17.7 Å². The highest BCUT2D eigenvalue weighted by Crippen LogP contribution is 2.49. The summed E-state index contributed by atoms with van der Waals surface area (Å²) < 4.78 is 21.2. The lowest BCUT2D eigenvalue weighted by atomic mass is 9.84. The van der Waals surface area contributed by atoms with Crippen LogP contribution in [0.4, 0.5) is 4.39 Å². The predicted molar refractivity (Wildman–Crippen MR) is 122 cm³/mol. The Bertz CT molecular complexity index is 944. The normalized spacial score (nSPS) is 27.7. The van der Waals surface area contributed by atoms with Gasteiger partial charge in [0.1, 0.15) is 5.82 Å². The Morgan fingerprint density at radius 3 is 2.78 bits per heavy atom. The Kier molecular flexibility index (Phi) is 6.51. The van der Waals surface area contributed by atoms with Gasteiger partial charge >= 0.3 is 0 Å². The van der Waals surface area contributed by atoms with Crippen LogP contribution >= 0.6 is 11.8 Å². The molecule has 5 rings (SSSR count). The molecular weight excluding hydrogens is 427 g/mol. The van der Waals surface area contributed by atoms with Crippen LogP contribution in [-0.2, 0) is 16.1 Å². The summed E-state index contributed by atoms with van der Waals surface area (Å²) in [5.74, 6) is 3.03. The molecule has 3 aliphatic rings. The van der Waals surface area contributed by atoms with Gasteiger partial charge in [0.05, 0.1) is 18.4 Å². The Balaban J connectivity index is 1.25. The third kappa shape index (κ3) is 4.71. The van der Waals surface area contributed by atoms with Gasteiger partial charge in [-0.05, 0) is 81.0 Å². The van der Waals surface area contributed by atoms with Crippen molar-refractivity contribution in [1.82, 2.24) is 20.1 Å². The average Bonchev–Trinajstić information content (AvgIpc) is 3.59. The highest BCUT2D eigenvalue weighted by molar-refractivity contribution is 7.99. The standard InChI is InChI=1S/C24H31FN4O2S/c1-15(21-12-16-4-5-18(21)11-16)26-22(30)14-32-24-28-27-23(17-6-8-19(25)9-7-17)29(24)13-20-3-2-10-31-20/h6-9,15-16,18,20-21H,2-5,10-14H2,1H3,(H,26,30)/t15-,16+,18+,20-,21+/m0/s1.